The largest absolute Gasteiger partial charge is 0.240 e. The van der Waals surface area contributed by atoms with E-state index in [1.807, 2.05) is 0 Å². The van der Waals surface area contributed by atoms with Gasteiger partial charge in [-0.25, -0.2) is 13.1 Å². The fraction of sp³-hybridized carbons (Fsp3) is 0.200. The topological polar surface area (TPSA) is 46.2 Å². The molecule has 0 aliphatic carbocycles. The van der Waals surface area contributed by atoms with Gasteiger partial charge in [0.15, 0.2) is 0 Å². The summed E-state index contributed by atoms with van der Waals surface area (Å²) in [5.41, 5.74) is 0.757. The van der Waals surface area contributed by atoms with Crippen LogP contribution < -0.4 is 4.72 Å². The summed E-state index contributed by atoms with van der Waals surface area (Å²) in [6.45, 7) is 5.61. The number of rotatable bonds is 4. The van der Waals surface area contributed by atoms with Crippen molar-refractivity contribution in [3.05, 3.63) is 41.4 Å². The van der Waals surface area contributed by atoms with E-state index >= 15 is 0 Å². The Morgan fingerprint density at radius 1 is 1.40 bits per heavy atom. The lowest BCUT2D eigenvalue weighted by atomic mass is 10.4. The molecule has 3 nitrogen and oxygen atoms in total. The van der Waals surface area contributed by atoms with Crippen LogP contribution in [-0.2, 0) is 10.0 Å². The Hall–Kier alpha value is -0.840. The maximum atomic E-state index is 11.7. The summed E-state index contributed by atoms with van der Waals surface area (Å²) < 4.78 is 25.7. The van der Waals surface area contributed by atoms with Gasteiger partial charge in [0.05, 0.1) is 4.90 Å². The van der Waals surface area contributed by atoms with Crippen LogP contribution in [0.3, 0.4) is 0 Å². The monoisotopic (exact) mass is 245 g/mol. The van der Waals surface area contributed by atoms with E-state index < -0.39 is 10.0 Å². The summed E-state index contributed by atoms with van der Waals surface area (Å²) in [4.78, 5) is 0.202. The molecule has 5 heteroatoms. The number of halogens is 1. The van der Waals surface area contributed by atoms with Crippen LogP contribution in [0.15, 0.2) is 41.3 Å². The van der Waals surface area contributed by atoms with Gasteiger partial charge >= 0.3 is 0 Å². The molecule has 1 N–H and O–H groups in total. The van der Waals surface area contributed by atoms with Crippen LogP contribution in [0.1, 0.15) is 6.92 Å². The van der Waals surface area contributed by atoms with E-state index in [9.17, 15) is 8.42 Å². The number of sulfonamides is 1. The van der Waals surface area contributed by atoms with E-state index in [0.29, 0.717) is 5.02 Å². The van der Waals surface area contributed by atoms with Gasteiger partial charge in [-0.1, -0.05) is 23.8 Å². The highest BCUT2D eigenvalue weighted by Gasteiger charge is 2.12. The Labute approximate surface area is 94.8 Å². The lowest BCUT2D eigenvalue weighted by Crippen LogP contribution is -2.25. The Morgan fingerprint density at radius 3 is 2.40 bits per heavy atom. The van der Waals surface area contributed by atoms with Crippen LogP contribution >= 0.6 is 11.6 Å². The second-order valence-electron chi connectivity index (χ2n) is 3.24. The van der Waals surface area contributed by atoms with Gasteiger partial charge in [0.2, 0.25) is 10.0 Å². The molecule has 0 amide bonds. The standard InChI is InChI=1S/C10H12ClNO2S/c1-8(2)7-12-15(13,14)10-5-3-9(11)4-6-10/h3-6,12H,1,7H2,2H3. The summed E-state index contributed by atoms with van der Waals surface area (Å²) in [5, 5.41) is 0.508. The van der Waals surface area contributed by atoms with E-state index in [1.54, 1.807) is 6.92 Å². The summed E-state index contributed by atoms with van der Waals surface area (Å²) >= 11 is 5.66. The van der Waals surface area contributed by atoms with Crippen LogP contribution in [0.25, 0.3) is 0 Å². The smallest absolute Gasteiger partial charge is 0.207 e. The molecule has 0 aromatic heterocycles. The Kier molecular flexibility index (Phi) is 3.90. The zero-order valence-electron chi connectivity index (χ0n) is 8.33. The molecule has 1 aromatic carbocycles. The van der Waals surface area contributed by atoms with Crippen molar-refractivity contribution in [1.29, 1.82) is 0 Å². The molecule has 0 heterocycles. The van der Waals surface area contributed by atoms with Crippen molar-refractivity contribution in [3.8, 4) is 0 Å². The second kappa shape index (κ2) is 4.79. The SMILES string of the molecule is C=C(C)CNS(=O)(=O)c1ccc(Cl)cc1. The van der Waals surface area contributed by atoms with Gasteiger partial charge in [-0.05, 0) is 31.2 Å². The van der Waals surface area contributed by atoms with Gasteiger partial charge in [0, 0.05) is 11.6 Å². The first-order valence-corrected chi connectivity index (χ1v) is 6.17. The highest BCUT2D eigenvalue weighted by atomic mass is 35.5. The van der Waals surface area contributed by atoms with E-state index in [0.717, 1.165) is 5.57 Å². The van der Waals surface area contributed by atoms with Crippen LogP contribution in [0.5, 0.6) is 0 Å². The van der Waals surface area contributed by atoms with E-state index in [4.69, 9.17) is 11.6 Å². The molecule has 15 heavy (non-hydrogen) atoms. The Balaban J connectivity index is 2.87. The van der Waals surface area contributed by atoms with Crippen molar-refractivity contribution in [2.45, 2.75) is 11.8 Å². The molecule has 0 aliphatic rings. The lowest BCUT2D eigenvalue weighted by molar-refractivity contribution is 0.584. The third-order valence-electron chi connectivity index (χ3n) is 1.69. The molecule has 0 fully saturated rings. The molecule has 0 saturated heterocycles. The molecule has 0 saturated carbocycles. The third kappa shape index (κ3) is 3.66. The number of nitrogens with one attached hydrogen (secondary N) is 1. The Morgan fingerprint density at radius 2 is 1.93 bits per heavy atom. The maximum absolute atomic E-state index is 11.7. The van der Waals surface area contributed by atoms with Crippen molar-refractivity contribution in [2.24, 2.45) is 0 Å². The van der Waals surface area contributed by atoms with Gasteiger partial charge in [-0.15, -0.1) is 0 Å². The average molecular weight is 246 g/mol. The Bertz CT molecular complexity index is 451. The summed E-state index contributed by atoms with van der Waals surface area (Å²) in [6, 6.07) is 6.00. The lowest BCUT2D eigenvalue weighted by Gasteiger charge is -2.06. The third-order valence-corrected chi connectivity index (χ3v) is 3.36. The van der Waals surface area contributed by atoms with Crippen molar-refractivity contribution >= 4 is 21.6 Å². The van der Waals surface area contributed by atoms with E-state index in [-0.39, 0.29) is 11.4 Å². The predicted molar refractivity (Wildman–Crippen MR) is 61.5 cm³/mol. The molecule has 1 rings (SSSR count). The van der Waals surface area contributed by atoms with Crippen molar-refractivity contribution in [2.75, 3.05) is 6.54 Å². The van der Waals surface area contributed by atoms with E-state index in [2.05, 4.69) is 11.3 Å². The summed E-state index contributed by atoms with van der Waals surface area (Å²) in [6.07, 6.45) is 0. The molecule has 0 unspecified atom stereocenters. The van der Waals surface area contributed by atoms with Crippen molar-refractivity contribution in [3.63, 3.8) is 0 Å². The van der Waals surface area contributed by atoms with Crippen LogP contribution in [0, 0.1) is 0 Å². The van der Waals surface area contributed by atoms with Gasteiger partial charge < -0.3 is 0 Å². The molecule has 1 aromatic rings. The van der Waals surface area contributed by atoms with Gasteiger partial charge in [-0.3, -0.25) is 0 Å². The summed E-state index contributed by atoms with van der Waals surface area (Å²) in [5.74, 6) is 0. The van der Waals surface area contributed by atoms with Crippen molar-refractivity contribution < 1.29 is 8.42 Å². The number of hydrogen-bond acceptors (Lipinski definition) is 2. The molecule has 0 atom stereocenters. The zero-order valence-corrected chi connectivity index (χ0v) is 9.90. The average Bonchev–Trinajstić information content (AvgIpc) is 2.16. The fourth-order valence-corrected chi connectivity index (χ4v) is 2.14. The van der Waals surface area contributed by atoms with Crippen molar-refractivity contribution in [1.82, 2.24) is 4.72 Å². The maximum Gasteiger partial charge on any atom is 0.240 e. The van der Waals surface area contributed by atoms with Gasteiger partial charge in [0.25, 0.3) is 0 Å². The first-order valence-electron chi connectivity index (χ1n) is 4.31. The summed E-state index contributed by atoms with van der Waals surface area (Å²) in [7, 11) is -3.44. The van der Waals surface area contributed by atoms with Gasteiger partial charge in [0.1, 0.15) is 0 Å². The van der Waals surface area contributed by atoms with Crippen LogP contribution in [-0.4, -0.2) is 15.0 Å². The molecular formula is C10H12ClNO2S. The quantitative estimate of drug-likeness (QED) is 0.827. The second-order valence-corrected chi connectivity index (χ2v) is 5.44. The van der Waals surface area contributed by atoms with E-state index in [1.165, 1.54) is 24.3 Å². The van der Waals surface area contributed by atoms with Gasteiger partial charge in [-0.2, -0.15) is 0 Å². The zero-order chi connectivity index (χ0) is 11.5. The molecular weight excluding hydrogens is 234 g/mol. The first kappa shape index (κ1) is 12.2. The van der Waals surface area contributed by atoms with Crippen LogP contribution in [0.4, 0.5) is 0 Å². The minimum Gasteiger partial charge on any atom is -0.207 e. The number of hydrogen-bond donors (Lipinski definition) is 1. The normalized spacial score (nSPS) is 11.3. The van der Waals surface area contributed by atoms with Crippen LogP contribution in [0.2, 0.25) is 5.02 Å². The first-order chi connectivity index (χ1) is 6.92. The molecule has 0 aliphatic heterocycles. The molecule has 0 radical (unpaired) electrons. The molecule has 0 spiro atoms. The fourth-order valence-electron chi connectivity index (χ4n) is 0.915. The number of benzene rings is 1. The highest BCUT2D eigenvalue weighted by molar-refractivity contribution is 7.89. The molecule has 82 valence electrons. The predicted octanol–water partition coefficient (Wildman–Crippen LogP) is 2.19. The highest BCUT2D eigenvalue weighted by Crippen LogP contribution is 2.13. The minimum atomic E-state index is -3.44. The molecule has 0 bridgehead atoms. The minimum absolute atomic E-state index is 0.202.